The second-order valence-corrected chi connectivity index (χ2v) is 6.86. The Morgan fingerprint density at radius 3 is 1.89 bits per heavy atom. The Labute approximate surface area is 122 Å². The molecule has 0 heterocycles. The van der Waals surface area contributed by atoms with Gasteiger partial charge < -0.3 is 0 Å². The molecule has 0 amide bonds. The summed E-state index contributed by atoms with van der Waals surface area (Å²) in [4.78, 5) is 0. The van der Waals surface area contributed by atoms with Crippen molar-refractivity contribution in [3.05, 3.63) is 34.3 Å². The van der Waals surface area contributed by atoms with Crippen LogP contribution in [0.25, 0.3) is 0 Å². The third kappa shape index (κ3) is 3.16. The van der Waals surface area contributed by atoms with Crippen LogP contribution in [0.1, 0.15) is 87.2 Å². The number of hydrogen-bond donors (Lipinski definition) is 0. The maximum absolute atomic E-state index is 6.58. The molecule has 3 rings (SSSR count). The quantitative estimate of drug-likeness (QED) is 0.583. The van der Waals surface area contributed by atoms with Gasteiger partial charge in [0.05, 0.1) is 0 Å². The first-order chi connectivity index (χ1) is 9.34. The van der Waals surface area contributed by atoms with Gasteiger partial charge in [-0.05, 0) is 54.7 Å². The molecule has 0 radical (unpaired) electrons. The molecule has 0 nitrogen and oxygen atoms in total. The molecular weight excluding hydrogens is 252 g/mol. The summed E-state index contributed by atoms with van der Waals surface area (Å²) in [7, 11) is 0. The number of rotatable bonds is 2. The summed E-state index contributed by atoms with van der Waals surface area (Å²) in [5.74, 6) is 1.49. The molecule has 1 aromatic rings. The summed E-state index contributed by atoms with van der Waals surface area (Å²) in [5.41, 5.74) is 2.91. The lowest BCUT2D eigenvalue weighted by atomic mass is 9.81. The molecule has 0 N–H and O–H groups in total. The van der Waals surface area contributed by atoms with Gasteiger partial charge in [-0.15, -0.1) is 0 Å². The smallest absolute Gasteiger partial charge is 0.0443 e. The summed E-state index contributed by atoms with van der Waals surface area (Å²) >= 11 is 6.58. The van der Waals surface area contributed by atoms with Gasteiger partial charge in [0.25, 0.3) is 0 Å². The fraction of sp³-hybridized carbons (Fsp3) is 0.667. The Morgan fingerprint density at radius 2 is 1.32 bits per heavy atom. The normalized spacial score (nSPS) is 22.6. The van der Waals surface area contributed by atoms with Crippen LogP contribution < -0.4 is 0 Å². The van der Waals surface area contributed by atoms with Crippen LogP contribution in [0.3, 0.4) is 0 Å². The largest absolute Gasteiger partial charge is 0.0840 e. The van der Waals surface area contributed by atoms with Crippen LogP contribution in [-0.2, 0) is 0 Å². The second kappa shape index (κ2) is 6.31. The molecule has 0 unspecified atom stereocenters. The van der Waals surface area contributed by atoms with Crippen LogP contribution in [0.15, 0.2) is 18.2 Å². The van der Waals surface area contributed by atoms with E-state index in [-0.39, 0.29) is 0 Å². The highest BCUT2D eigenvalue weighted by atomic mass is 35.5. The number of halogens is 1. The molecule has 2 fully saturated rings. The molecule has 0 spiro atoms. The minimum Gasteiger partial charge on any atom is -0.0840 e. The standard InChI is InChI=1S/C18H25Cl/c19-18-13-16(14-7-3-1-4-8-14)11-12-17(18)15-9-5-2-6-10-15/h11-15H,1-10H2. The van der Waals surface area contributed by atoms with Gasteiger partial charge in [0.1, 0.15) is 0 Å². The average molecular weight is 277 g/mol. The zero-order chi connectivity index (χ0) is 13.1. The van der Waals surface area contributed by atoms with Crippen LogP contribution in [0.2, 0.25) is 5.02 Å². The van der Waals surface area contributed by atoms with Crippen molar-refractivity contribution < 1.29 is 0 Å². The van der Waals surface area contributed by atoms with E-state index in [1.165, 1.54) is 75.3 Å². The zero-order valence-corrected chi connectivity index (χ0v) is 12.6. The van der Waals surface area contributed by atoms with E-state index in [1.807, 2.05) is 0 Å². The summed E-state index contributed by atoms with van der Waals surface area (Å²) in [6.45, 7) is 0. The molecule has 19 heavy (non-hydrogen) atoms. The maximum atomic E-state index is 6.58. The minimum atomic E-state index is 0.724. The third-order valence-corrected chi connectivity index (χ3v) is 5.47. The van der Waals surface area contributed by atoms with Gasteiger partial charge in [-0.2, -0.15) is 0 Å². The minimum absolute atomic E-state index is 0.724. The predicted molar refractivity (Wildman–Crippen MR) is 83.1 cm³/mol. The van der Waals surface area contributed by atoms with Crippen LogP contribution in [-0.4, -0.2) is 0 Å². The van der Waals surface area contributed by atoms with E-state index in [2.05, 4.69) is 18.2 Å². The van der Waals surface area contributed by atoms with E-state index in [4.69, 9.17) is 11.6 Å². The monoisotopic (exact) mass is 276 g/mol. The molecule has 0 aliphatic heterocycles. The molecule has 2 aliphatic carbocycles. The molecular formula is C18H25Cl. The highest BCUT2D eigenvalue weighted by Gasteiger charge is 2.20. The van der Waals surface area contributed by atoms with Crippen LogP contribution >= 0.6 is 11.6 Å². The highest BCUT2D eigenvalue weighted by molar-refractivity contribution is 6.31. The Balaban J connectivity index is 1.76. The summed E-state index contributed by atoms with van der Waals surface area (Å²) < 4.78 is 0. The van der Waals surface area contributed by atoms with Gasteiger partial charge in [0, 0.05) is 5.02 Å². The van der Waals surface area contributed by atoms with E-state index in [1.54, 1.807) is 0 Å². The Hall–Kier alpha value is -0.490. The predicted octanol–water partition coefficient (Wildman–Crippen LogP) is 6.44. The van der Waals surface area contributed by atoms with E-state index in [0.717, 1.165) is 16.9 Å². The topological polar surface area (TPSA) is 0 Å². The van der Waals surface area contributed by atoms with E-state index < -0.39 is 0 Å². The fourth-order valence-electron chi connectivity index (χ4n) is 3.98. The van der Waals surface area contributed by atoms with Crippen molar-refractivity contribution in [3.8, 4) is 0 Å². The molecule has 0 atom stereocenters. The average Bonchev–Trinajstić information content (AvgIpc) is 2.49. The summed E-state index contributed by atoms with van der Waals surface area (Å²) in [5, 5.41) is 1.04. The van der Waals surface area contributed by atoms with Crippen molar-refractivity contribution in [2.24, 2.45) is 0 Å². The summed E-state index contributed by atoms with van der Waals surface area (Å²) in [6.07, 6.45) is 13.8. The first-order valence-electron chi connectivity index (χ1n) is 8.14. The lowest BCUT2D eigenvalue weighted by Gasteiger charge is -2.25. The Bertz CT molecular complexity index is 412. The summed E-state index contributed by atoms with van der Waals surface area (Å²) in [6, 6.07) is 6.98. The lowest BCUT2D eigenvalue weighted by Crippen LogP contribution is -2.07. The van der Waals surface area contributed by atoms with Gasteiger partial charge >= 0.3 is 0 Å². The van der Waals surface area contributed by atoms with Crippen molar-refractivity contribution in [1.82, 2.24) is 0 Å². The lowest BCUT2D eigenvalue weighted by molar-refractivity contribution is 0.439. The van der Waals surface area contributed by atoms with Crippen LogP contribution in [0, 0.1) is 0 Å². The van der Waals surface area contributed by atoms with Crippen molar-refractivity contribution in [2.45, 2.75) is 76.0 Å². The maximum Gasteiger partial charge on any atom is 0.0443 e. The van der Waals surface area contributed by atoms with Crippen molar-refractivity contribution >= 4 is 11.6 Å². The first-order valence-corrected chi connectivity index (χ1v) is 8.52. The number of benzene rings is 1. The van der Waals surface area contributed by atoms with Gasteiger partial charge in [-0.25, -0.2) is 0 Å². The molecule has 104 valence electrons. The molecule has 1 heteroatoms. The molecule has 2 saturated carbocycles. The molecule has 1 aromatic carbocycles. The first kappa shape index (κ1) is 13.5. The van der Waals surface area contributed by atoms with Crippen molar-refractivity contribution in [2.75, 3.05) is 0 Å². The second-order valence-electron chi connectivity index (χ2n) is 6.45. The Morgan fingerprint density at radius 1 is 0.737 bits per heavy atom. The molecule has 0 aromatic heterocycles. The van der Waals surface area contributed by atoms with Crippen molar-refractivity contribution in [3.63, 3.8) is 0 Å². The zero-order valence-electron chi connectivity index (χ0n) is 11.8. The van der Waals surface area contributed by atoms with E-state index in [9.17, 15) is 0 Å². The van der Waals surface area contributed by atoms with Gasteiger partial charge in [0.2, 0.25) is 0 Å². The fourth-order valence-corrected chi connectivity index (χ4v) is 4.32. The SMILES string of the molecule is Clc1cc(C2CCCCC2)ccc1C1CCCCC1. The van der Waals surface area contributed by atoms with E-state index >= 15 is 0 Å². The highest BCUT2D eigenvalue weighted by Crippen LogP contribution is 2.39. The van der Waals surface area contributed by atoms with Gasteiger partial charge in [-0.1, -0.05) is 62.3 Å². The molecule has 0 saturated heterocycles. The molecule has 0 bridgehead atoms. The molecule has 2 aliphatic rings. The van der Waals surface area contributed by atoms with E-state index in [0.29, 0.717) is 0 Å². The van der Waals surface area contributed by atoms with Gasteiger partial charge in [-0.3, -0.25) is 0 Å². The third-order valence-electron chi connectivity index (χ3n) is 5.15. The van der Waals surface area contributed by atoms with Crippen molar-refractivity contribution in [1.29, 1.82) is 0 Å². The van der Waals surface area contributed by atoms with Crippen LogP contribution in [0.4, 0.5) is 0 Å². The van der Waals surface area contributed by atoms with Crippen LogP contribution in [0.5, 0.6) is 0 Å². The Kier molecular flexibility index (Phi) is 4.48. The van der Waals surface area contributed by atoms with Gasteiger partial charge in [0.15, 0.2) is 0 Å². The number of hydrogen-bond acceptors (Lipinski definition) is 0.